The molecule has 1 N–H and O–H groups in total. The molecule has 5 nitrogen and oxygen atoms in total. The van der Waals surface area contributed by atoms with Crippen LogP contribution < -0.4 is 0 Å². The number of nitrogens with one attached hydrogen (secondary N) is 1. The van der Waals surface area contributed by atoms with Crippen molar-refractivity contribution < 1.29 is 4.42 Å². The Kier molecular flexibility index (Phi) is 5.01. The number of thiophene rings is 1. The van der Waals surface area contributed by atoms with Gasteiger partial charge in [0.15, 0.2) is 0 Å². The third-order valence-corrected chi connectivity index (χ3v) is 8.29. The van der Waals surface area contributed by atoms with E-state index in [4.69, 9.17) is 9.40 Å². The van der Waals surface area contributed by atoms with Crippen molar-refractivity contribution in [2.24, 2.45) is 0 Å². The molecule has 2 aliphatic rings. The predicted molar refractivity (Wildman–Crippen MR) is 126 cm³/mol. The highest BCUT2D eigenvalue weighted by Gasteiger charge is 2.65. The van der Waals surface area contributed by atoms with E-state index in [0.717, 1.165) is 49.6 Å². The van der Waals surface area contributed by atoms with Crippen molar-refractivity contribution in [3.8, 4) is 0 Å². The number of aromatic amines is 1. The second-order valence-corrected chi connectivity index (χ2v) is 9.70. The average Bonchev–Trinajstić information content (AvgIpc) is 3.67. The maximum Gasteiger partial charge on any atom is 0.134 e. The lowest BCUT2D eigenvalue weighted by Gasteiger charge is -2.59. The van der Waals surface area contributed by atoms with Gasteiger partial charge in [-0.2, -0.15) is 0 Å². The quantitative estimate of drug-likeness (QED) is 0.448. The largest absolute Gasteiger partial charge is 0.468 e. The van der Waals surface area contributed by atoms with E-state index in [0.29, 0.717) is 0 Å². The van der Waals surface area contributed by atoms with Crippen LogP contribution in [0.2, 0.25) is 0 Å². The molecule has 2 fully saturated rings. The number of nitrogens with zero attached hydrogens (tertiary/aromatic N) is 3. The summed E-state index contributed by atoms with van der Waals surface area (Å²) in [6.45, 7) is 3.14. The first-order valence-electron chi connectivity index (χ1n) is 11.5. The zero-order chi connectivity index (χ0) is 21.4. The maximum absolute atomic E-state index is 6.31. The SMILES string of the molecule is c1ccc(C2(c3ccc[nH]3)N(N3CCCC3)CCCC2(c2ccco2)c2cccs2)nc1. The Morgan fingerprint density at radius 2 is 1.88 bits per heavy atom. The van der Waals surface area contributed by atoms with Crippen LogP contribution in [-0.2, 0) is 11.0 Å². The summed E-state index contributed by atoms with van der Waals surface area (Å²) < 4.78 is 6.31. The molecule has 0 radical (unpaired) electrons. The average molecular weight is 445 g/mol. The molecule has 0 amide bonds. The molecule has 32 heavy (non-hydrogen) atoms. The molecule has 0 aromatic carbocycles. The molecule has 2 aliphatic heterocycles. The van der Waals surface area contributed by atoms with Gasteiger partial charge in [-0.05, 0) is 73.5 Å². The third-order valence-electron chi connectivity index (χ3n) is 7.26. The van der Waals surface area contributed by atoms with Gasteiger partial charge in [0.05, 0.1) is 17.4 Å². The molecule has 0 saturated carbocycles. The molecular formula is C26H28N4OS. The zero-order valence-corrected chi connectivity index (χ0v) is 18.9. The monoisotopic (exact) mass is 444 g/mol. The van der Waals surface area contributed by atoms with Gasteiger partial charge in [-0.1, -0.05) is 12.1 Å². The summed E-state index contributed by atoms with van der Waals surface area (Å²) >= 11 is 1.82. The van der Waals surface area contributed by atoms with Crippen molar-refractivity contribution in [2.75, 3.05) is 19.6 Å². The minimum Gasteiger partial charge on any atom is -0.468 e. The minimum absolute atomic E-state index is 0.412. The first-order chi connectivity index (χ1) is 15.9. The number of hydrazine groups is 1. The summed E-state index contributed by atoms with van der Waals surface area (Å²) in [7, 11) is 0. The molecule has 4 aromatic heterocycles. The van der Waals surface area contributed by atoms with Gasteiger partial charge in [0.2, 0.25) is 0 Å². The first-order valence-corrected chi connectivity index (χ1v) is 12.4. The Morgan fingerprint density at radius 3 is 2.56 bits per heavy atom. The van der Waals surface area contributed by atoms with Crippen LogP contribution in [0.15, 0.2) is 83.1 Å². The van der Waals surface area contributed by atoms with Gasteiger partial charge in [0.25, 0.3) is 0 Å². The van der Waals surface area contributed by atoms with E-state index in [9.17, 15) is 0 Å². The fourth-order valence-electron chi connectivity index (χ4n) is 6.12. The van der Waals surface area contributed by atoms with Crippen LogP contribution in [0.25, 0.3) is 0 Å². The highest BCUT2D eigenvalue weighted by molar-refractivity contribution is 7.10. The van der Waals surface area contributed by atoms with E-state index >= 15 is 0 Å². The van der Waals surface area contributed by atoms with E-state index in [1.54, 1.807) is 0 Å². The van der Waals surface area contributed by atoms with Gasteiger partial charge >= 0.3 is 0 Å². The summed E-state index contributed by atoms with van der Waals surface area (Å²) in [5.41, 5.74) is 1.25. The van der Waals surface area contributed by atoms with E-state index in [-0.39, 0.29) is 0 Å². The summed E-state index contributed by atoms with van der Waals surface area (Å²) in [6.07, 6.45) is 10.3. The molecule has 0 spiro atoms. The molecule has 6 heteroatoms. The van der Waals surface area contributed by atoms with Crippen molar-refractivity contribution in [1.82, 2.24) is 20.0 Å². The Morgan fingerprint density at radius 1 is 0.938 bits per heavy atom. The number of piperidine rings is 1. The van der Waals surface area contributed by atoms with Crippen LogP contribution in [0, 0.1) is 0 Å². The number of hydrogen-bond donors (Lipinski definition) is 1. The summed E-state index contributed by atoms with van der Waals surface area (Å²) in [4.78, 5) is 9.99. The molecular weight excluding hydrogens is 416 g/mol. The molecule has 0 bridgehead atoms. The molecule has 2 saturated heterocycles. The van der Waals surface area contributed by atoms with Crippen LogP contribution in [0.1, 0.15) is 47.7 Å². The second-order valence-electron chi connectivity index (χ2n) is 8.76. The van der Waals surface area contributed by atoms with Crippen LogP contribution in [0.4, 0.5) is 0 Å². The van der Waals surface area contributed by atoms with E-state index < -0.39 is 11.0 Å². The lowest BCUT2D eigenvalue weighted by molar-refractivity contribution is -0.139. The lowest BCUT2D eigenvalue weighted by atomic mass is 9.58. The van der Waals surface area contributed by atoms with Crippen molar-refractivity contribution >= 4 is 11.3 Å². The van der Waals surface area contributed by atoms with Crippen molar-refractivity contribution in [3.05, 3.63) is 101 Å². The molecule has 2 unspecified atom stereocenters. The van der Waals surface area contributed by atoms with Gasteiger partial charge in [-0.3, -0.25) is 4.98 Å². The minimum atomic E-state index is -0.553. The molecule has 4 aromatic rings. The maximum atomic E-state index is 6.31. The molecule has 164 valence electrons. The summed E-state index contributed by atoms with van der Waals surface area (Å²) in [5, 5.41) is 7.38. The smallest absolute Gasteiger partial charge is 0.134 e. The number of rotatable bonds is 5. The van der Waals surface area contributed by atoms with Crippen LogP contribution in [0.5, 0.6) is 0 Å². The third kappa shape index (κ3) is 2.73. The zero-order valence-electron chi connectivity index (χ0n) is 18.1. The molecule has 2 atom stereocenters. The van der Waals surface area contributed by atoms with Gasteiger partial charge in [0.1, 0.15) is 11.3 Å². The van der Waals surface area contributed by atoms with Crippen LogP contribution >= 0.6 is 11.3 Å². The number of aromatic nitrogens is 2. The van der Waals surface area contributed by atoms with Crippen LogP contribution in [0.3, 0.4) is 0 Å². The highest BCUT2D eigenvalue weighted by Crippen LogP contribution is 2.60. The summed E-state index contributed by atoms with van der Waals surface area (Å²) in [5.74, 6) is 1.00. The van der Waals surface area contributed by atoms with E-state index in [2.05, 4.69) is 62.8 Å². The fourth-order valence-corrected chi connectivity index (χ4v) is 7.13. The lowest BCUT2D eigenvalue weighted by Crippen LogP contribution is -2.68. The second kappa shape index (κ2) is 8.03. The standard InChI is InChI=1S/C26H28N4OS/c1-2-14-27-21(9-1)26(22-10-5-15-28-22)25(23-11-6-19-31-23,24-12-7-20-32-24)13-8-18-30(26)29-16-3-4-17-29/h1-2,5-7,9-12,14-15,19-20,28H,3-4,8,13,16-18H2. The van der Waals surface area contributed by atoms with Crippen LogP contribution in [-0.4, -0.2) is 39.6 Å². The highest BCUT2D eigenvalue weighted by atomic mass is 32.1. The normalized spacial score (nSPS) is 27.1. The Bertz CT molecular complexity index is 1080. The van der Waals surface area contributed by atoms with Gasteiger partial charge in [0, 0.05) is 42.6 Å². The first kappa shape index (κ1) is 20.0. The van der Waals surface area contributed by atoms with Gasteiger partial charge in [-0.15, -0.1) is 11.3 Å². The van der Waals surface area contributed by atoms with E-state index in [1.807, 2.05) is 42.1 Å². The summed E-state index contributed by atoms with van der Waals surface area (Å²) in [6, 6.07) is 19.3. The van der Waals surface area contributed by atoms with Gasteiger partial charge < -0.3 is 9.40 Å². The Labute approximate surface area is 192 Å². The number of pyridine rings is 1. The molecule has 6 rings (SSSR count). The van der Waals surface area contributed by atoms with Crippen molar-refractivity contribution in [2.45, 2.75) is 36.6 Å². The number of H-pyrrole nitrogens is 1. The molecule has 0 aliphatic carbocycles. The number of hydrogen-bond acceptors (Lipinski definition) is 5. The van der Waals surface area contributed by atoms with Gasteiger partial charge in [-0.25, -0.2) is 10.0 Å². The van der Waals surface area contributed by atoms with E-state index in [1.165, 1.54) is 17.7 Å². The predicted octanol–water partition coefficient (Wildman–Crippen LogP) is 5.40. The topological polar surface area (TPSA) is 48.3 Å². The number of furan rings is 1. The van der Waals surface area contributed by atoms with Crippen molar-refractivity contribution in [1.29, 1.82) is 0 Å². The fraction of sp³-hybridized carbons (Fsp3) is 0.346. The molecule has 6 heterocycles. The Balaban J connectivity index is 1.74. The van der Waals surface area contributed by atoms with Crippen molar-refractivity contribution in [3.63, 3.8) is 0 Å². The Hall–Kier alpha value is -2.67.